The van der Waals surface area contributed by atoms with E-state index in [1.165, 1.54) is 24.3 Å². The predicted octanol–water partition coefficient (Wildman–Crippen LogP) is 4.99. The second kappa shape index (κ2) is 13.1. The van der Waals surface area contributed by atoms with Gasteiger partial charge in [-0.3, -0.25) is 29.2 Å². The fraction of sp³-hybridized carbons (Fsp3) is 0.379. The third-order valence-electron chi connectivity index (χ3n) is 6.60. The number of nitrogens with zero attached hydrogens (tertiary/aromatic N) is 2. The van der Waals surface area contributed by atoms with Crippen molar-refractivity contribution in [2.45, 2.75) is 61.8 Å². The van der Waals surface area contributed by atoms with Gasteiger partial charge in [0.1, 0.15) is 0 Å². The molecule has 4 rings (SSSR count). The van der Waals surface area contributed by atoms with E-state index >= 15 is 0 Å². The number of hydrogen-bond donors (Lipinski definition) is 2. The highest BCUT2D eigenvalue weighted by atomic mass is 16.7. The SMILES string of the molecule is C.CCC(C)(C)C(=O)O.CCC(C)(C)C(=O)ON1C(=O)c2ccccc2C1=O.O=C1c2ccccc2C(=O)N1O. The number of hydrogen-bond acceptors (Lipinski definition) is 8. The highest BCUT2D eigenvalue weighted by Crippen LogP contribution is 2.27. The quantitative estimate of drug-likeness (QED) is 0.382. The van der Waals surface area contributed by atoms with Crippen LogP contribution in [0.3, 0.4) is 0 Å². The molecule has 4 amide bonds. The van der Waals surface area contributed by atoms with E-state index in [4.69, 9.17) is 15.2 Å². The van der Waals surface area contributed by atoms with Gasteiger partial charge in [-0.1, -0.05) is 50.6 Å². The molecule has 0 atom stereocenters. The number of rotatable bonds is 5. The van der Waals surface area contributed by atoms with Crippen LogP contribution in [-0.2, 0) is 14.4 Å². The minimum atomic E-state index is -0.741. The summed E-state index contributed by atoms with van der Waals surface area (Å²) in [6, 6.07) is 12.7. The van der Waals surface area contributed by atoms with E-state index in [0.717, 1.165) is 0 Å². The molecule has 216 valence electrons. The molecule has 0 fully saturated rings. The molecule has 0 aliphatic carbocycles. The van der Waals surface area contributed by atoms with Crippen LogP contribution >= 0.6 is 0 Å². The Morgan fingerprint density at radius 2 is 1.02 bits per heavy atom. The van der Waals surface area contributed by atoms with Crippen molar-refractivity contribution >= 4 is 35.6 Å². The summed E-state index contributed by atoms with van der Waals surface area (Å²) in [5.41, 5.74) is -0.255. The van der Waals surface area contributed by atoms with Gasteiger partial charge in [-0.2, -0.15) is 0 Å². The first-order valence-corrected chi connectivity index (χ1v) is 12.2. The molecule has 2 aliphatic heterocycles. The monoisotopic (exact) mass is 556 g/mol. The Bertz CT molecular complexity index is 1240. The lowest BCUT2D eigenvalue weighted by atomic mass is 9.91. The largest absolute Gasteiger partial charge is 0.481 e. The molecule has 2 aromatic rings. The number of fused-ring (bicyclic) bond motifs is 2. The zero-order valence-electron chi connectivity index (χ0n) is 22.7. The minimum absolute atomic E-state index is 0. The van der Waals surface area contributed by atoms with Crippen LogP contribution in [0.15, 0.2) is 48.5 Å². The molecule has 0 aromatic heterocycles. The molecule has 0 saturated carbocycles. The molecule has 2 N–H and O–H groups in total. The van der Waals surface area contributed by atoms with E-state index in [9.17, 15) is 28.8 Å². The van der Waals surface area contributed by atoms with Crippen LogP contribution in [0.25, 0.3) is 0 Å². The number of hydroxylamine groups is 4. The van der Waals surface area contributed by atoms with E-state index in [-0.39, 0.29) is 34.7 Å². The second-order valence-corrected chi connectivity index (χ2v) is 10.1. The van der Waals surface area contributed by atoms with Crippen LogP contribution in [0.1, 0.15) is 103 Å². The molecular formula is C29H36N2O9. The predicted molar refractivity (Wildman–Crippen MR) is 144 cm³/mol. The first-order chi connectivity index (χ1) is 18.1. The first kappa shape index (κ1) is 33.6. The van der Waals surface area contributed by atoms with Gasteiger partial charge < -0.3 is 9.94 Å². The summed E-state index contributed by atoms with van der Waals surface area (Å²) in [6.07, 6.45) is 1.23. The molecule has 2 heterocycles. The Balaban J connectivity index is 0.000000327. The van der Waals surface area contributed by atoms with Crippen molar-refractivity contribution < 1.29 is 43.9 Å². The third kappa shape index (κ3) is 6.97. The van der Waals surface area contributed by atoms with Gasteiger partial charge in [-0.15, -0.1) is 5.06 Å². The van der Waals surface area contributed by atoms with Crippen LogP contribution in [0.2, 0.25) is 0 Å². The van der Waals surface area contributed by atoms with Crippen LogP contribution in [-0.4, -0.2) is 56.0 Å². The normalized spacial score (nSPS) is 13.8. The number of carboxylic acids is 1. The van der Waals surface area contributed by atoms with Crippen molar-refractivity contribution in [3.63, 3.8) is 0 Å². The Morgan fingerprint density at radius 1 is 0.700 bits per heavy atom. The maximum atomic E-state index is 12.0. The van der Waals surface area contributed by atoms with Crippen LogP contribution in [0, 0.1) is 10.8 Å². The summed E-state index contributed by atoms with van der Waals surface area (Å²) in [5.74, 6) is -3.82. The van der Waals surface area contributed by atoms with Crippen LogP contribution in [0.5, 0.6) is 0 Å². The van der Waals surface area contributed by atoms with Gasteiger partial charge >= 0.3 is 11.9 Å². The molecule has 2 aromatic carbocycles. The van der Waals surface area contributed by atoms with E-state index in [1.807, 2.05) is 13.8 Å². The summed E-state index contributed by atoms with van der Waals surface area (Å²) < 4.78 is 0. The standard InChI is InChI=1S/C14H15NO4.C8H5NO3.C6H12O2.CH4/c1-4-14(2,3)13(18)19-15-11(16)9-7-5-6-8-10(9)12(15)17;10-7-5-3-1-2-4-6(5)8(11)9(7)12;1-4-6(2,3)5(7)8;/h5-8H,4H2,1-3H3;1-4,12H;4H2,1-3H3,(H,7,8);1H4. The highest BCUT2D eigenvalue weighted by molar-refractivity contribution is 6.21. The summed E-state index contributed by atoms with van der Waals surface area (Å²) in [4.78, 5) is 73.2. The lowest BCUT2D eigenvalue weighted by Crippen LogP contribution is -2.37. The zero-order chi connectivity index (χ0) is 29.7. The topological polar surface area (TPSA) is 159 Å². The first-order valence-electron chi connectivity index (χ1n) is 12.2. The smallest absolute Gasteiger partial charge is 0.338 e. The van der Waals surface area contributed by atoms with Crippen LogP contribution in [0.4, 0.5) is 0 Å². The maximum Gasteiger partial charge on any atom is 0.338 e. The second-order valence-electron chi connectivity index (χ2n) is 10.1. The Morgan fingerprint density at radius 3 is 1.30 bits per heavy atom. The van der Waals surface area contributed by atoms with Crippen molar-refractivity contribution in [2.24, 2.45) is 10.8 Å². The number of imide groups is 2. The zero-order valence-corrected chi connectivity index (χ0v) is 22.7. The molecule has 0 spiro atoms. The van der Waals surface area contributed by atoms with Crippen molar-refractivity contribution in [3.8, 4) is 0 Å². The Labute approximate surface area is 233 Å². The average molecular weight is 557 g/mol. The molecule has 40 heavy (non-hydrogen) atoms. The molecule has 0 saturated heterocycles. The summed E-state index contributed by atoms with van der Waals surface area (Å²) in [7, 11) is 0. The lowest BCUT2D eigenvalue weighted by Gasteiger charge is -2.22. The van der Waals surface area contributed by atoms with Gasteiger partial charge in [-0.05, 0) is 64.8 Å². The van der Waals surface area contributed by atoms with Gasteiger partial charge in [0.25, 0.3) is 23.6 Å². The molecule has 2 aliphatic rings. The molecular weight excluding hydrogens is 520 g/mol. The van der Waals surface area contributed by atoms with E-state index in [2.05, 4.69) is 0 Å². The molecule has 0 bridgehead atoms. The van der Waals surface area contributed by atoms with Crippen molar-refractivity contribution in [1.29, 1.82) is 0 Å². The fourth-order valence-electron chi connectivity index (χ4n) is 2.93. The van der Waals surface area contributed by atoms with Crippen LogP contribution < -0.4 is 0 Å². The van der Waals surface area contributed by atoms with E-state index in [1.54, 1.807) is 52.0 Å². The highest BCUT2D eigenvalue weighted by Gasteiger charge is 2.41. The number of amides is 4. The van der Waals surface area contributed by atoms with Crippen molar-refractivity contribution in [1.82, 2.24) is 10.1 Å². The van der Waals surface area contributed by atoms with Gasteiger partial charge in [-0.25, -0.2) is 4.79 Å². The van der Waals surface area contributed by atoms with Gasteiger partial charge in [0.15, 0.2) is 0 Å². The maximum absolute atomic E-state index is 12.0. The Hall–Kier alpha value is -4.38. The fourth-order valence-corrected chi connectivity index (χ4v) is 2.93. The van der Waals surface area contributed by atoms with Gasteiger partial charge in [0.2, 0.25) is 0 Å². The number of carbonyl (C=O) groups excluding carboxylic acids is 5. The summed E-state index contributed by atoms with van der Waals surface area (Å²) in [5, 5.41) is 18.0. The number of carbonyl (C=O) groups is 6. The summed E-state index contributed by atoms with van der Waals surface area (Å²) in [6.45, 7) is 10.5. The minimum Gasteiger partial charge on any atom is -0.481 e. The lowest BCUT2D eigenvalue weighted by molar-refractivity contribution is -0.179. The van der Waals surface area contributed by atoms with Gasteiger partial charge in [0, 0.05) is 0 Å². The number of benzene rings is 2. The van der Waals surface area contributed by atoms with Gasteiger partial charge in [0.05, 0.1) is 33.1 Å². The van der Waals surface area contributed by atoms with Crippen molar-refractivity contribution in [3.05, 3.63) is 70.8 Å². The van der Waals surface area contributed by atoms with E-state index < -0.39 is 46.4 Å². The molecule has 11 nitrogen and oxygen atoms in total. The number of carboxylic acid groups (broad SMARTS) is 1. The summed E-state index contributed by atoms with van der Waals surface area (Å²) >= 11 is 0. The number of aliphatic carboxylic acids is 1. The molecule has 0 unspecified atom stereocenters. The van der Waals surface area contributed by atoms with E-state index in [0.29, 0.717) is 17.9 Å². The molecule has 0 radical (unpaired) electrons. The molecule has 11 heteroatoms. The Kier molecular flexibility index (Phi) is 11.0. The van der Waals surface area contributed by atoms with Crippen molar-refractivity contribution in [2.75, 3.05) is 0 Å². The average Bonchev–Trinajstić information content (AvgIpc) is 3.29. The third-order valence-corrected chi connectivity index (χ3v) is 6.60.